The van der Waals surface area contributed by atoms with Gasteiger partial charge in [0, 0.05) is 12.6 Å². The molecular formula is C15H22ClNS. The number of nitrogens with one attached hydrogen (secondary N) is 1. The average molecular weight is 284 g/mol. The summed E-state index contributed by atoms with van der Waals surface area (Å²) in [4.78, 5) is 0. The molecule has 4 aliphatic carbocycles. The zero-order chi connectivity index (χ0) is 11.2. The number of halogens is 1. The van der Waals surface area contributed by atoms with E-state index < -0.39 is 0 Å². The SMILES string of the molecule is Cl.c1cc(CNC2C3CC4CC(C3)CC2C4)cs1. The lowest BCUT2D eigenvalue weighted by atomic mass is 9.54. The maximum absolute atomic E-state index is 3.87. The molecule has 0 aliphatic heterocycles. The van der Waals surface area contributed by atoms with Crippen LogP contribution in [0.15, 0.2) is 16.8 Å². The van der Waals surface area contributed by atoms with Crippen LogP contribution >= 0.6 is 23.7 Å². The number of hydrogen-bond acceptors (Lipinski definition) is 2. The van der Waals surface area contributed by atoms with E-state index in [2.05, 4.69) is 22.1 Å². The van der Waals surface area contributed by atoms with Crippen LogP contribution in [0.5, 0.6) is 0 Å². The molecule has 4 bridgehead atoms. The van der Waals surface area contributed by atoms with Crippen LogP contribution in [0.1, 0.15) is 37.7 Å². The molecule has 4 saturated carbocycles. The lowest BCUT2D eigenvalue weighted by Crippen LogP contribution is -2.54. The summed E-state index contributed by atoms with van der Waals surface area (Å²) in [5, 5.41) is 8.34. The Balaban J connectivity index is 0.000001000. The zero-order valence-corrected chi connectivity index (χ0v) is 12.3. The van der Waals surface area contributed by atoms with Crippen molar-refractivity contribution in [2.75, 3.05) is 0 Å². The van der Waals surface area contributed by atoms with Crippen molar-refractivity contribution in [2.45, 2.75) is 44.7 Å². The molecule has 3 heteroatoms. The fourth-order valence-corrected chi connectivity index (χ4v) is 5.56. The van der Waals surface area contributed by atoms with E-state index in [9.17, 15) is 0 Å². The molecule has 5 rings (SSSR count). The van der Waals surface area contributed by atoms with Crippen LogP contribution in [-0.2, 0) is 6.54 Å². The van der Waals surface area contributed by atoms with Crippen molar-refractivity contribution in [1.29, 1.82) is 0 Å². The molecule has 1 heterocycles. The molecule has 1 N–H and O–H groups in total. The van der Waals surface area contributed by atoms with Crippen LogP contribution in [0.25, 0.3) is 0 Å². The zero-order valence-electron chi connectivity index (χ0n) is 10.7. The Morgan fingerprint density at radius 2 is 1.72 bits per heavy atom. The molecule has 0 aromatic carbocycles. The Morgan fingerprint density at radius 1 is 1.06 bits per heavy atom. The van der Waals surface area contributed by atoms with Gasteiger partial charge in [0.2, 0.25) is 0 Å². The highest BCUT2D eigenvalue weighted by atomic mass is 35.5. The van der Waals surface area contributed by atoms with Gasteiger partial charge in [-0.05, 0) is 78.2 Å². The first-order chi connectivity index (χ1) is 8.38. The summed E-state index contributed by atoms with van der Waals surface area (Å²) in [5.74, 6) is 4.20. The molecular weight excluding hydrogens is 262 g/mol. The van der Waals surface area contributed by atoms with Gasteiger partial charge in [-0.2, -0.15) is 11.3 Å². The van der Waals surface area contributed by atoms with Gasteiger partial charge in [0.25, 0.3) is 0 Å². The second kappa shape index (κ2) is 5.15. The maximum atomic E-state index is 3.87. The highest BCUT2D eigenvalue weighted by Crippen LogP contribution is 2.53. The molecule has 4 aliphatic rings. The third-order valence-corrected chi connectivity index (χ3v) is 6.08. The van der Waals surface area contributed by atoms with Gasteiger partial charge in [0.05, 0.1) is 0 Å². The Kier molecular flexibility index (Phi) is 3.70. The normalized spacial score (nSPS) is 40.8. The summed E-state index contributed by atoms with van der Waals surface area (Å²) in [7, 11) is 0. The van der Waals surface area contributed by atoms with Crippen LogP contribution in [0.4, 0.5) is 0 Å². The van der Waals surface area contributed by atoms with Crippen molar-refractivity contribution in [3.8, 4) is 0 Å². The monoisotopic (exact) mass is 283 g/mol. The Hall–Kier alpha value is -0.0500. The van der Waals surface area contributed by atoms with Crippen LogP contribution in [-0.4, -0.2) is 6.04 Å². The van der Waals surface area contributed by atoms with E-state index in [0.717, 1.165) is 36.3 Å². The summed E-state index contributed by atoms with van der Waals surface area (Å²) < 4.78 is 0. The van der Waals surface area contributed by atoms with Gasteiger partial charge < -0.3 is 5.32 Å². The van der Waals surface area contributed by atoms with Crippen molar-refractivity contribution in [3.63, 3.8) is 0 Å². The molecule has 4 fully saturated rings. The van der Waals surface area contributed by atoms with E-state index in [1.165, 1.54) is 31.2 Å². The predicted molar refractivity (Wildman–Crippen MR) is 79.2 cm³/mol. The van der Waals surface area contributed by atoms with Gasteiger partial charge in [-0.1, -0.05) is 0 Å². The number of hydrogen-bond donors (Lipinski definition) is 1. The average Bonchev–Trinajstić information content (AvgIpc) is 2.80. The van der Waals surface area contributed by atoms with Crippen LogP contribution in [0.2, 0.25) is 0 Å². The highest BCUT2D eigenvalue weighted by molar-refractivity contribution is 7.07. The minimum Gasteiger partial charge on any atom is -0.309 e. The van der Waals surface area contributed by atoms with E-state index in [-0.39, 0.29) is 12.4 Å². The van der Waals surface area contributed by atoms with E-state index in [1.807, 2.05) is 11.3 Å². The third-order valence-electron chi connectivity index (χ3n) is 5.35. The van der Waals surface area contributed by atoms with Crippen molar-refractivity contribution in [2.24, 2.45) is 23.7 Å². The second-order valence-electron chi connectivity index (χ2n) is 6.47. The van der Waals surface area contributed by atoms with Gasteiger partial charge in [-0.15, -0.1) is 12.4 Å². The minimum absolute atomic E-state index is 0. The summed E-state index contributed by atoms with van der Waals surface area (Å²) in [6, 6.07) is 3.09. The Bertz CT molecular complexity index is 361. The fourth-order valence-electron chi connectivity index (χ4n) is 4.89. The van der Waals surface area contributed by atoms with Crippen LogP contribution in [0, 0.1) is 23.7 Å². The van der Waals surface area contributed by atoms with E-state index in [4.69, 9.17) is 0 Å². The molecule has 1 aromatic heterocycles. The number of thiophene rings is 1. The molecule has 1 nitrogen and oxygen atoms in total. The minimum atomic E-state index is 0. The molecule has 0 atom stereocenters. The first kappa shape index (κ1) is 13.0. The van der Waals surface area contributed by atoms with Gasteiger partial charge >= 0.3 is 0 Å². The quantitative estimate of drug-likeness (QED) is 0.881. The molecule has 18 heavy (non-hydrogen) atoms. The standard InChI is InChI=1S/C15H21NS.ClH/c1-2-17-9-10(1)8-16-15-13-4-11-3-12(6-13)7-14(15)5-11;/h1-2,9,11-16H,3-8H2;1H. The van der Waals surface area contributed by atoms with Gasteiger partial charge in [-0.25, -0.2) is 0 Å². The predicted octanol–water partition coefficient (Wildman–Crippen LogP) is 4.08. The van der Waals surface area contributed by atoms with E-state index >= 15 is 0 Å². The highest BCUT2D eigenvalue weighted by Gasteiger charge is 2.47. The summed E-state index contributed by atoms with van der Waals surface area (Å²) in [6.45, 7) is 1.09. The molecule has 0 radical (unpaired) electrons. The van der Waals surface area contributed by atoms with Gasteiger partial charge in [0.15, 0.2) is 0 Å². The summed E-state index contributed by atoms with van der Waals surface area (Å²) in [5.41, 5.74) is 1.48. The molecule has 1 aromatic rings. The van der Waals surface area contributed by atoms with Crippen LogP contribution < -0.4 is 5.32 Å². The molecule has 0 spiro atoms. The second-order valence-corrected chi connectivity index (χ2v) is 7.25. The molecule has 0 saturated heterocycles. The lowest BCUT2D eigenvalue weighted by molar-refractivity contribution is -0.0142. The van der Waals surface area contributed by atoms with Gasteiger partial charge in [-0.3, -0.25) is 0 Å². The van der Waals surface area contributed by atoms with Crippen molar-refractivity contribution < 1.29 is 0 Å². The largest absolute Gasteiger partial charge is 0.309 e. The Labute approximate surface area is 120 Å². The topological polar surface area (TPSA) is 12.0 Å². The lowest BCUT2D eigenvalue weighted by Gasteiger charge is -2.54. The Morgan fingerprint density at radius 3 is 2.28 bits per heavy atom. The van der Waals surface area contributed by atoms with Crippen molar-refractivity contribution in [3.05, 3.63) is 22.4 Å². The van der Waals surface area contributed by atoms with E-state index in [0.29, 0.717) is 0 Å². The smallest absolute Gasteiger partial charge is 0.0216 e. The summed E-state index contributed by atoms with van der Waals surface area (Å²) >= 11 is 1.81. The fraction of sp³-hybridized carbons (Fsp3) is 0.733. The first-order valence-corrected chi connectivity index (χ1v) is 8.07. The maximum Gasteiger partial charge on any atom is 0.0216 e. The van der Waals surface area contributed by atoms with Gasteiger partial charge in [0.1, 0.15) is 0 Å². The van der Waals surface area contributed by atoms with Crippen molar-refractivity contribution >= 4 is 23.7 Å². The third kappa shape index (κ3) is 2.23. The van der Waals surface area contributed by atoms with Crippen molar-refractivity contribution in [1.82, 2.24) is 5.32 Å². The molecule has 0 unspecified atom stereocenters. The summed E-state index contributed by atoms with van der Waals surface area (Å²) in [6.07, 6.45) is 7.65. The number of rotatable bonds is 3. The molecule has 100 valence electrons. The van der Waals surface area contributed by atoms with E-state index in [1.54, 1.807) is 6.42 Å². The first-order valence-electron chi connectivity index (χ1n) is 7.13. The van der Waals surface area contributed by atoms with Crippen LogP contribution in [0.3, 0.4) is 0 Å². The molecule has 0 amide bonds.